The minimum Gasteiger partial charge on any atom is -0.330 e. The Morgan fingerprint density at radius 3 is 2.27 bits per heavy atom. The molecule has 2 aromatic rings. The van der Waals surface area contributed by atoms with Crippen LogP contribution in [-0.4, -0.2) is 6.54 Å². The maximum Gasteiger partial charge on any atom is 0.0101 e. The SMILES string of the molecule is Cc1ccc(C(CCN)c2ccc3c(c2)CCCC3)cc1C. The van der Waals surface area contributed by atoms with Crippen molar-refractivity contribution in [1.82, 2.24) is 0 Å². The zero-order valence-corrected chi connectivity index (χ0v) is 13.9. The van der Waals surface area contributed by atoms with Gasteiger partial charge in [0.2, 0.25) is 0 Å². The van der Waals surface area contributed by atoms with Crippen LogP contribution in [-0.2, 0) is 12.8 Å². The molecule has 1 heteroatoms. The fourth-order valence-electron chi connectivity index (χ4n) is 3.64. The summed E-state index contributed by atoms with van der Waals surface area (Å²) in [6, 6.07) is 14.0. The Bertz CT molecular complexity index is 657. The van der Waals surface area contributed by atoms with E-state index >= 15 is 0 Å². The lowest BCUT2D eigenvalue weighted by Gasteiger charge is -2.22. The molecule has 116 valence electrons. The van der Waals surface area contributed by atoms with E-state index in [1.54, 1.807) is 11.1 Å². The third kappa shape index (κ3) is 3.10. The Labute approximate surface area is 134 Å². The minimum absolute atomic E-state index is 0.427. The molecule has 1 unspecified atom stereocenters. The first-order chi connectivity index (χ1) is 10.7. The zero-order valence-electron chi connectivity index (χ0n) is 13.9. The molecule has 0 heterocycles. The second-order valence-corrected chi connectivity index (χ2v) is 6.71. The highest BCUT2D eigenvalue weighted by Crippen LogP contribution is 2.32. The summed E-state index contributed by atoms with van der Waals surface area (Å²) in [5.74, 6) is 0.427. The van der Waals surface area contributed by atoms with Crippen molar-refractivity contribution in [3.8, 4) is 0 Å². The van der Waals surface area contributed by atoms with Gasteiger partial charge in [-0.1, -0.05) is 36.4 Å². The molecular weight excluding hydrogens is 266 g/mol. The number of hydrogen-bond donors (Lipinski definition) is 1. The first-order valence-corrected chi connectivity index (χ1v) is 8.58. The highest BCUT2D eigenvalue weighted by atomic mass is 14.5. The van der Waals surface area contributed by atoms with Gasteiger partial charge in [-0.05, 0) is 85.9 Å². The Morgan fingerprint density at radius 2 is 1.55 bits per heavy atom. The first-order valence-electron chi connectivity index (χ1n) is 8.58. The number of nitrogens with two attached hydrogens (primary N) is 1. The van der Waals surface area contributed by atoms with E-state index in [2.05, 4.69) is 50.2 Å². The molecule has 2 N–H and O–H groups in total. The van der Waals surface area contributed by atoms with Crippen LogP contribution in [0.15, 0.2) is 36.4 Å². The van der Waals surface area contributed by atoms with Crippen molar-refractivity contribution in [3.63, 3.8) is 0 Å². The second-order valence-electron chi connectivity index (χ2n) is 6.71. The number of hydrogen-bond acceptors (Lipinski definition) is 1. The lowest BCUT2D eigenvalue weighted by atomic mass is 9.83. The summed E-state index contributed by atoms with van der Waals surface area (Å²) in [7, 11) is 0. The van der Waals surface area contributed by atoms with Gasteiger partial charge in [0.25, 0.3) is 0 Å². The van der Waals surface area contributed by atoms with Crippen LogP contribution in [0.4, 0.5) is 0 Å². The van der Waals surface area contributed by atoms with Gasteiger partial charge in [-0.2, -0.15) is 0 Å². The molecule has 2 aromatic carbocycles. The second kappa shape index (κ2) is 6.66. The van der Waals surface area contributed by atoms with Crippen LogP contribution in [0.3, 0.4) is 0 Å². The van der Waals surface area contributed by atoms with Gasteiger partial charge in [0.15, 0.2) is 0 Å². The van der Waals surface area contributed by atoms with Gasteiger partial charge in [-0.15, -0.1) is 0 Å². The first kappa shape index (κ1) is 15.3. The average molecular weight is 293 g/mol. The molecule has 22 heavy (non-hydrogen) atoms. The van der Waals surface area contributed by atoms with Gasteiger partial charge >= 0.3 is 0 Å². The van der Waals surface area contributed by atoms with Crippen molar-refractivity contribution in [2.45, 2.75) is 51.9 Å². The van der Waals surface area contributed by atoms with Crippen LogP contribution < -0.4 is 5.73 Å². The van der Waals surface area contributed by atoms with Crippen LogP contribution in [0.5, 0.6) is 0 Å². The van der Waals surface area contributed by atoms with Crippen LogP contribution >= 0.6 is 0 Å². The topological polar surface area (TPSA) is 26.0 Å². The molecule has 0 saturated carbocycles. The molecule has 0 aliphatic heterocycles. The molecule has 1 aliphatic carbocycles. The Morgan fingerprint density at radius 1 is 0.864 bits per heavy atom. The van der Waals surface area contributed by atoms with E-state index in [1.807, 2.05) is 0 Å². The van der Waals surface area contributed by atoms with Crippen molar-refractivity contribution in [1.29, 1.82) is 0 Å². The fourth-order valence-corrected chi connectivity index (χ4v) is 3.64. The van der Waals surface area contributed by atoms with Crippen LogP contribution in [0.1, 0.15) is 58.6 Å². The highest BCUT2D eigenvalue weighted by Gasteiger charge is 2.17. The lowest BCUT2D eigenvalue weighted by Crippen LogP contribution is -2.11. The van der Waals surface area contributed by atoms with Gasteiger partial charge in [-0.3, -0.25) is 0 Å². The number of benzene rings is 2. The molecule has 0 saturated heterocycles. The van der Waals surface area contributed by atoms with Crippen LogP contribution in [0.25, 0.3) is 0 Å². The van der Waals surface area contributed by atoms with Crippen molar-refractivity contribution in [2.75, 3.05) is 6.54 Å². The van der Waals surface area contributed by atoms with Gasteiger partial charge in [0, 0.05) is 5.92 Å². The van der Waals surface area contributed by atoms with Crippen LogP contribution in [0.2, 0.25) is 0 Å². The maximum atomic E-state index is 5.91. The summed E-state index contributed by atoms with van der Waals surface area (Å²) in [5, 5.41) is 0. The van der Waals surface area contributed by atoms with E-state index < -0.39 is 0 Å². The standard InChI is InChI=1S/C21H27N/c1-15-7-8-19(13-16(15)2)21(11-12-22)20-10-9-17-5-3-4-6-18(17)14-20/h7-10,13-14,21H,3-6,11-12,22H2,1-2H3. The predicted molar refractivity (Wildman–Crippen MR) is 94.5 cm³/mol. The quantitative estimate of drug-likeness (QED) is 0.871. The normalized spacial score (nSPS) is 15.4. The van der Waals surface area contributed by atoms with Crippen molar-refractivity contribution in [3.05, 3.63) is 69.8 Å². The fraction of sp³-hybridized carbons (Fsp3) is 0.429. The van der Waals surface area contributed by atoms with Crippen LogP contribution in [0, 0.1) is 13.8 Å². The summed E-state index contributed by atoms with van der Waals surface area (Å²) in [4.78, 5) is 0. The molecule has 1 nitrogen and oxygen atoms in total. The Kier molecular flexibility index (Phi) is 4.63. The summed E-state index contributed by atoms with van der Waals surface area (Å²) in [6.07, 6.45) is 6.19. The third-order valence-electron chi connectivity index (χ3n) is 5.16. The average Bonchev–Trinajstić information content (AvgIpc) is 2.55. The zero-order chi connectivity index (χ0) is 15.5. The molecule has 0 aromatic heterocycles. The molecular formula is C21H27N. The van der Waals surface area contributed by atoms with E-state index in [4.69, 9.17) is 5.73 Å². The molecule has 0 bridgehead atoms. The monoisotopic (exact) mass is 293 g/mol. The lowest BCUT2D eigenvalue weighted by molar-refractivity contribution is 0.677. The maximum absolute atomic E-state index is 5.91. The molecule has 3 rings (SSSR count). The van der Waals surface area contributed by atoms with Gasteiger partial charge in [-0.25, -0.2) is 0 Å². The Hall–Kier alpha value is -1.60. The molecule has 0 radical (unpaired) electrons. The molecule has 0 fully saturated rings. The predicted octanol–water partition coefficient (Wildman–Crippen LogP) is 4.66. The van der Waals surface area contributed by atoms with E-state index in [-0.39, 0.29) is 0 Å². The molecule has 1 aliphatic rings. The van der Waals surface area contributed by atoms with Gasteiger partial charge in [0.1, 0.15) is 0 Å². The van der Waals surface area contributed by atoms with E-state index in [1.165, 1.54) is 47.9 Å². The highest BCUT2D eigenvalue weighted by molar-refractivity contribution is 5.41. The Balaban J connectivity index is 1.98. The van der Waals surface area contributed by atoms with E-state index in [9.17, 15) is 0 Å². The van der Waals surface area contributed by atoms with Crippen molar-refractivity contribution >= 4 is 0 Å². The summed E-state index contributed by atoms with van der Waals surface area (Å²) >= 11 is 0. The summed E-state index contributed by atoms with van der Waals surface area (Å²) in [6.45, 7) is 5.11. The molecule has 0 amide bonds. The van der Waals surface area contributed by atoms with E-state index in [0.29, 0.717) is 5.92 Å². The number of rotatable bonds is 4. The number of fused-ring (bicyclic) bond motifs is 1. The largest absolute Gasteiger partial charge is 0.330 e. The minimum atomic E-state index is 0.427. The molecule has 0 spiro atoms. The summed E-state index contributed by atoms with van der Waals surface area (Å²) in [5.41, 5.74) is 14.6. The van der Waals surface area contributed by atoms with Crippen molar-refractivity contribution < 1.29 is 0 Å². The molecule has 1 atom stereocenters. The van der Waals surface area contributed by atoms with Crippen molar-refractivity contribution in [2.24, 2.45) is 5.73 Å². The van der Waals surface area contributed by atoms with Gasteiger partial charge < -0.3 is 5.73 Å². The third-order valence-corrected chi connectivity index (χ3v) is 5.16. The van der Waals surface area contributed by atoms with Gasteiger partial charge in [0.05, 0.1) is 0 Å². The van der Waals surface area contributed by atoms with E-state index in [0.717, 1.165) is 13.0 Å². The summed E-state index contributed by atoms with van der Waals surface area (Å²) < 4.78 is 0. The number of aryl methyl sites for hydroxylation is 4. The smallest absolute Gasteiger partial charge is 0.0101 e.